The molecule has 0 spiro atoms. The third-order valence-corrected chi connectivity index (χ3v) is 6.53. The zero-order valence-electron chi connectivity index (χ0n) is 18.6. The van der Waals surface area contributed by atoms with Gasteiger partial charge in [0.2, 0.25) is 0 Å². The summed E-state index contributed by atoms with van der Waals surface area (Å²) in [7, 11) is 0. The molecule has 2 aromatic carbocycles. The Balaban J connectivity index is 1.67. The van der Waals surface area contributed by atoms with Crippen LogP contribution in [0.1, 0.15) is 46.9 Å². The van der Waals surface area contributed by atoms with Crippen LogP contribution in [0, 0.1) is 0 Å². The van der Waals surface area contributed by atoms with E-state index in [9.17, 15) is 14.4 Å². The number of aromatic nitrogens is 2. The van der Waals surface area contributed by atoms with Gasteiger partial charge in [0.15, 0.2) is 10.9 Å². The van der Waals surface area contributed by atoms with Gasteiger partial charge in [-0.3, -0.25) is 19.0 Å². The number of nitrogens with zero attached hydrogens (tertiary/aromatic N) is 2. The number of thioether (sulfide) groups is 1. The van der Waals surface area contributed by atoms with Crippen LogP contribution in [0.3, 0.4) is 0 Å². The van der Waals surface area contributed by atoms with Crippen LogP contribution < -0.4 is 10.9 Å². The molecule has 7 nitrogen and oxygen atoms in total. The number of benzene rings is 2. The van der Waals surface area contributed by atoms with Crippen molar-refractivity contribution in [2.24, 2.45) is 0 Å². The number of ketones is 1. The van der Waals surface area contributed by atoms with Crippen molar-refractivity contribution in [3.8, 4) is 0 Å². The van der Waals surface area contributed by atoms with Gasteiger partial charge in [-0.05, 0) is 37.5 Å². The number of hydrogen-bond acceptors (Lipinski definition) is 6. The molecule has 1 aliphatic heterocycles. The number of rotatable bonds is 9. The first-order chi connectivity index (χ1) is 16.1. The van der Waals surface area contributed by atoms with E-state index < -0.39 is 0 Å². The van der Waals surface area contributed by atoms with Crippen LogP contribution in [0.5, 0.6) is 0 Å². The van der Waals surface area contributed by atoms with Gasteiger partial charge in [-0.15, -0.1) is 0 Å². The summed E-state index contributed by atoms with van der Waals surface area (Å²) in [6.07, 6.45) is 2.63. The fourth-order valence-corrected chi connectivity index (χ4v) is 4.69. The van der Waals surface area contributed by atoms with Gasteiger partial charge in [-0.25, -0.2) is 4.98 Å². The van der Waals surface area contributed by atoms with Gasteiger partial charge in [-0.1, -0.05) is 49.0 Å². The quantitative estimate of drug-likeness (QED) is 0.294. The molecule has 172 valence electrons. The summed E-state index contributed by atoms with van der Waals surface area (Å²) < 4.78 is 7.35. The molecule has 1 fully saturated rings. The summed E-state index contributed by atoms with van der Waals surface area (Å²) in [5.74, 6) is -0.0756. The third kappa shape index (κ3) is 5.51. The van der Waals surface area contributed by atoms with Crippen molar-refractivity contribution in [3.05, 3.63) is 70.0 Å². The zero-order chi connectivity index (χ0) is 23.2. The van der Waals surface area contributed by atoms with E-state index in [1.54, 1.807) is 34.9 Å². The summed E-state index contributed by atoms with van der Waals surface area (Å²) in [5, 5.41) is 3.74. The highest BCUT2D eigenvalue weighted by atomic mass is 32.2. The van der Waals surface area contributed by atoms with Crippen molar-refractivity contribution in [1.29, 1.82) is 0 Å². The van der Waals surface area contributed by atoms with E-state index in [0.29, 0.717) is 46.9 Å². The Bertz CT molecular complexity index is 1200. The average molecular weight is 466 g/mol. The Morgan fingerprint density at radius 2 is 2.00 bits per heavy atom. The lowest BCUT2D eigenvalue weighted by Crippen LogP contribution is -2.29. The molecule has 0 bridgehead atoms. The summed E-state index contributed by atoms with van der Waals surface area (Å²) in [6, 6.07) is 14.0. The lowest BCUT2D eigenvalue weighted by atomic mass is 10.1. The number of hydrogen-bond donors (Lipinski definition) is 1. The smallest absolute Gasteiger partial charge is 0.262 e. The monoisotopic (exact) mass is 465 g/mol. The van der Waals surface area contributed by atoms with Crippen LogP contribution in [0.2, 0.25) is 0 Å². The summed E-state index contributed by atoms with van der Waals surface area (Å²) in [6.45, 7) is 3.64. The highest BCUT2D eigenvalue weighted by Crippen LogP contribution is 2.22. The molecule has 0 radical (unpaired) electrons. The first kappa shape index (κ1) is 23.2. The van der Waals surface area contributed by atoms with Crippen molar-refractivity contribution in [1.82, 2.24) is 14.9 Å². The second kappa shape index (κ2) is 10.8. The van der Waals surface area contributed by atoms with Crippen LogP contribution in [-0.2, 0) is 11.3 Å². The Hall–Kier alpha value is -2.97. The predicted molar refractivity (Wildman–Crippen MR) is 129 cm³/mol. The van der Waals surface area contributed by atoms with E-state index in [2.05, 4.69) is 5.32 Å². The van der Waals surface area contributed by atoms with Crippen LogP contribution in [-0.4, -0.2) is 46.2 Å². The first-order valence-corrected chi connectivity index (χ1v) is 12.2. The van der Waals surface area contributed by atoms with Crippen molar-refractivity contribution in [2.45, 2.75) is 44.0 Å². The van der Waals surface area contributed by atoms with E-state index in [0.717, 1.165) is 19.3 Å². The predicted octanol–water partition coefficient (Wildman–Crippen LogP) is 3.69. The SMILES string of the molecule is CCCNC(=O)c1ccc2c(=O)n(CC3CCCO3)c(SCC(=O)c3ccccc3)nc2c1. The Kier molecular flexibility index (Phi) is 7.57. The number of carbonyl (C=O) groups is 2. The molecule has 2 heterocycles. The number of carbonyl (C=O) groups excluding carboxylic acids is 2. The maximum atomic E-state index is 13.4. The topological polar surface area (TPSA) is 90.3 Å². The van der Waals surface area contributed by atoms with Crippen LogP contribution in [0.25, 0.3) is 10.9 Å². The third-order valence-electron chi connectivity index (χ3n) is 5.56. The molecule has 0 saturated carbocycles. The van der Waals surface area contributed by atoms with Crippen LogP contribution >= 0.6 is 11.8 Å². The van der Waals surface area contributed by atoms with Gasteiger partial charge in [0.1, 0.15) is 0 Å². The molecule has 4 rings (SSSR count). The molecule has 33 heavy (non-hydrogen) atoms. The molecule has 1 unspecified atom stereocenters. The minimum Gasteiger partial charge on any atom is -0.376 e. The number of fused-ring (bicyclic) bond motifs is 1. The number of ether oxygens (including phenoxy) is 1. The van der Waals surface area contributed by atoms with E-state index in [-0.39, 0.29) is 29.1 Å². The molecule has 8 heteroatoms. The van der Waals surface area contributed by atoms with Gasteiger partial charge in [0, 0.05) is 24.3 Å². The standard InChI is InChI=1S/C25H27N3O4S/c1-2-12-26-23(30)18-10-11-20-21(14-18)27-25(28(24(20)31)15-19-9-6-13-32-19)33-16-22(29)17-7-4-3-5-8-17/h3-5,7-8,10-11,14,19H,2,6,9,12-13,15-16H2,1H3,(H,26,30). The number of nitrogens with one attached hydrogen (secondary N) is 1. The van der Waals surface area contributed by atoms with Gasteiger partial charge in [0.05, 0.1) is 29.3 Å². The normalized spacial score (nSPS) is 15.6. The maximum Gasteiger partial charge on any atom is 0.262 e. The van der Waals surface area contributed by atoms with Crippen LogP contribution in [0.15, 0.2) is 58.5 Å². The van der Waals surface area contributed by atoms with Gasteiger partial charge >= 0.3 is 0 Å². The minimum absolute atomic E-state index is 0.0358. The van der Waals surface area contributed by atoms with E-state index in [1.807, 2.05) is 25.1 Å². The van der Waals surface area contributed by atoms with Crippen molar-refractivity contribution in [3.63, 3.8) is 0 Å². The molecule has 1 saturated heterocycles. The van der Waals surface area contributed by atoms with Crippen LogP contribution in [0.4, 0.5) is 0 Å². The minimum atomic E-state index is -0.197. The van der Waals surface area contributed by atoms with Gasteiger partial charge in [0.25, 0.3) is 11.5 Å². The Morgan fingerprint density at radius 1 is 1.18 bits per heavy atom. The largest absolute Gasteiger partial charge is 0.376 e. The van der Waals surface area contributed by atoms with Crippen molar-refractivity contribution >= 4 is 34.4 Å². The summed E-state index contributed by atoms with van der Waals surface area (Å²) >= 11 is 1.24. The molecule has 1 atom stereocenters. The molecule has 1 aromatic heterocycles. The van der Waals surface area contributed by atoms with E-state index in [1.165, 1.54) is 11.8 Å². The van der Waals surface area contributed by atoms with E-state index >= 15 is 0 Å². The zero-order valence-corrected chi connectivity index (χ0v) is 19.4. The number of Topliss-reactive ketones (excluding diaryl/α,β-unsaturated/α-hetero) is 1. The first-order valence-electron chi connectivity index (χ1n) is 11.2. The highest BCUT2D eigenvalue weighted by Gasteiger charge is 2.21. The second-order valence-corrected chi connectivity index (χ2v) is 8.95. The second-order valence-electron chi connectivity index (χ2n) is 8.01. The molecule has 1 N–H and O–H groups in total. The maximum absolute atomic E-state index is 13.4. The number of amides is 1. The Labute approximate surface area is 196 Å². The molecule has 1 aliphatic rings. The molecular formula is C25H27N3O4S. The van der Waals surface area contributed by atoms with Crippen molar-refractivity contribution < 1.29 is 14.3 Å². The van der Waals surface area contributed by atoms with Gasteiger partial charge < -0.3 is 10.1 Å². The average Bonchev–Trinajstić information content (AvgIpc) is 3.36. The molecular weight excluding hydrogens is 438 g/mol. The van der Waals surface area contributed by atoms with Gasteiger partial charge in [-0.2, -0.15) is 0 Å². The molecule has 3 aromatic rings. The lowest BCUT2D eigenvalue weighted by molar-refractivity contribution is 0.0937. The summed E-state index contributed by atoms with van der Waals surface area (Å²) in [5.41, 5.74) is 1.33. The Morgan fingerprint density at radius 3 is 2.73 bits per heavy atom. The highest BCUT2D eigenvalue weighted by molar-refractivity contribution is 7.99. The van der Waals surface area contributed by atoms with E-state index in [4.69, 9.17) is 9.72 Å². The fourth-order valence-electron chi connectivity index (χ4n) is 3.78. The molecule has 0 aliphatic carbocycles. The van der Waals surface area contributed by atoms with Crippen molar-refractivity contribution in [2.75, 3.05) is 18.9 Å². The molecule has 1 amide bonds. The summed E-state index contributed by atoms with van der Waals surface area (Å²) in [4.78, 5) is 43.1. The lowest BCUT2D eigenvalue weighted by Gasteiger charge is -2.16. The fraction of sp³-hybridized carbons (Fsp3) is 0.360.